The van der Waals surface area contributed by atoms with Crippen LogP contribution in [0.4, 0.5) is 0 Å². The molecule has 0 saturated carbocycles. The highest BCUT2D eigenvalue weighted by Crippen LogP contribution is 2.13. The topological polar surface area (TPSA) is 12.0 Å². The molecule has 0 radical (unpaired) electrons. The van der Waals surface area contributed by atoms with E-state index in [1.54, 1.807) is 0 Å². The lowest BCUT2D eigenvalue weighted by Gasteiger charge is -2.22. The third-order valence-corrected chi connectivity index (χ3v) is 3.38. The molecule has 1 nitrogen and oxygen atoms in total. The van der Waals surface area contributed by atoms with Gasteiger partial charge in [0.2, 0.25) is 0 Å². The van der Waals surface area contributed by atoms with E-state index in [0.717, 1.165) is 12.0 Å². The first-order valence-electron chi connectivity index (χ1n) is 7.56. The summed E-state index contributed by atoms with van der Waals surface area (Å²) in [6, 6.07) is 0.725. The van der Waals surface area contributed by atoms with Crippen LogP contribution in [-0.4, -0.2) is 12.6 Å². The van der Waals surface area contributed by atoms with E-state index in [1.807, 2.05) is 6.08 Å². The highest BCUT2D eigenvalue weighted by molar-refractivity contribution is 4.70. The molecule has 0 amide bonds. The van der Waals surface area contributed by atoms with Crippen molar-refractivity contribution in [1.29, 1.82) is 0 Å². The number of rotatable bonds is 12. The van der Waals surface area contributed by atoms with Crippen LogP contribution in [0.3, 0.4) is 0 Å². The predicted octanol–water partition coefficient (Wildman–Crippen LogP) is 4.93. The van der Waals surface area contributed by atoms with Crippen molar-refractivity contribution in [3.8, 4) is 0 Å². The smallest absolute Gasteiger partial charge is 0.00900 e. The van der Waals surface area contributed by atoms with Crippen LogP contribution in [0.1, 0.15) is 72.1 Å². The third-order valence-electron chi connectivity index (χ3n) is 3.38. The maximum absolute atomic E-state index is 3.76. The molecule has 1 atom stereocenters. The molecule has 0 spiro atoms. The van der Waals surface area contributed by atoms with Gasteiger partial charge in [-0.25, -0.2) is 0 Å². The molecule has 0 fully saturated rings. The van der Waals surface area contributed by atoms with Crippen LogP contribution in [0.2, 0.25) is 0 Å². The number of allylic oxidation sites excluding steroid dienone is 1. The van der Waals surface area contributed by atoms with Gasteiger partial charge >= 0.3 is 0 Å². The van der Waals surface area contributed by atoms with Gasteiger partial charge in [-0.3, -0.25) is 0 Å². The van der Waals surface area contributed by atoms with E-state index in [2.05, 4.69) is 32.7 Å². The van der Waals surface area contributed by atoms with Crippen molar-refractivity contribution in [2.24, 2.45) is 5.92 Å². The zero-order chi connectivity index (χ0) is 12.9. The molecule has 0 aliphatic rings. The van der Waals surface area contributed by atoms with Gasteiger partial charge in [0.05, 0.1) is 0 Å². The van der Waals surface area contributed by atoms with Crippen molar-refractivity contribution in [2.45, 2.75) is 78.2 Å². The minimum absolute atomic E-state index is 0.725. The number of hydrogen-bond donors (Lipinski definition) is 1. The van der Waals surface area contributed by atoms with Crippen molar-refractivity contribution in [3.63, 3.8) is 0 Å². The summed E-state index contributed by atoms with van der Waals surface area (Å²) in [4.78, 5) is 0. The Morgan fingerprint density at radius 2 is 1.71 bits per heavy atom. The van der Waals surface area contributed by atoms with Crippen LogP contribution in [0.5, 0.6) is 0 Å². The van der Waals surface area contributed by atoms with Crippen LogP contribution < -0.4 is 5.32 Å². The summed E-state index contributed by atoms with van der Waals surface area (Å²) in [6.07, 6.45) is 12.7. The first kappa shape index (κ1) is 16.7. The number of unbranched alkanes of at least 4 members (excludes halogenated alkanes) is 5. The van der Waals surface area contributed by atoms with Gasteiger partial charge in [-0.2, -0.15) is 0 Å². The lowest BCUT2D eigenvalue weighted by molar-refractivity contribution is 0.364. The van der Waals surface area contributed by atoms with Crippen molar-refractivity contribution < 1.29 is 0 Å². The fourth-order valence-electron chi connectivity index (χ4n) is 2.18. The van der Waals surface area contributed by atoms with Crippen molar-refractivity contribution in [1.82, 2.24) is 5.32 Å². The molecule has 0 heterocycles. The second-order valence-electron chi connectivity index (χ2n) is 5.44. The minimum Gasteiger partial charge on any atom is -0.314 e. The molecule has 0 aliphatic heterocycles. The molecular weight excluding hydrogens is 206 g/mol. The largest absolute Gasteiger partial charge is 0.314 e. The molecule has 1 unspecified atom stereocenters. The standard InChI is InChI=1S/C16H33N/c1-5-7-8-9-10-11-12-13-16(15(3)4)17-14-6-2/h5,15-17H,1,6-14H2,2-4H3. The normalized spacial score (nSPS) is 12.9. The summed E-state index contributed by atoms with van der Waals surface area (Å²) in [6.45, 7) is 11.8. The number of nitrogens with one attached hydrogen (secondary N) is 1. The Morgan fingerprint density at radius 3 is 2.29 bits per heavy atom. The Bertz CT molecular complexity index is 163. The Labute approximate surface area is 109 Å². The summed E-state index contributed by atoms with van der Waals surface area (Å²) in [5.41, 5.74) is 0. The molecular formula is C16H33N. The SMILES string of the molecule is C=CCCCCCCCC(NCCC)C(C)C. The second-order valence-corrected chi connectivity index (χ2v) is 5.44. The molecule has 0 saturated heterocycles. The lowest BCUT2D eigenvalue weighted by Crippen LogP contribution is -2.34. The summed E-state index contributed by atoms with van der Waals surface area (Å²) in [7, 11) is 0. The molecule has 0 aromatic rings. The molecule has 0 rings (SSSR count). The summed E-state index contributed by atoms with van der Waals surface area (Å²) in [5.74, 6) is 0.766. The van der Waals surface area contributed by atoms with Crippen LogP contribution in [-0.2, 0) is 0 Å². The van der Waals surface area contributed by atoms with Gasteiger partial charge in [0, 0.05) is 6.04 Å². The van der Waals surface area contributed by atoms with Gasteiger partial charge in [0.15, 0.2) is 0 Å². The average Bonchev–Trinajstić information content (AvgIpc) is 2.31. The molecule has 0 bridgehead atoms. The van der Waals surface area contributed by atoms with Gasteiger partial charge < -0.3 is 5.32 Å². The van der Waals surface area contributed by atoms with E-state index >= 15 is 0 Å². The molecule has 1 N–H and O–H groups in total. The molecule has 17 heavy (non-hydrogen) atoms. The van der Waals surface area contributed by atoms with Gasteiger partial charge in [-0.1, -0.05) is 52.5 Å². The average molecular weight is 239 g/mol. The second kappa shape index (κ2) is 12.2. The first-order chi connectivity index (χ1) is 8.22. The van der Waals surface area contributed by atoms with Crippen molar-refractivity contribution in [2.75, 3.05) is 6.54 Å². The fourth-order valence-corrected chi connectivity index (χ4v) is 2.18. The van der Waals surface area contributed by atoms with E-state index in [-0.39, 0.29) is 0 Å². The van der Waals surface area contributed by atoms with Crippen molar-refractivity contribution >= 4 is 0 Å². The Balaban J connectivity index is 3.44. The Hall–Kier alpha value is -0.300. The van der Waals surface area contributed by atoms with E-state index in [0.29, 0.717) is 0 Å². The highest BCUT2D eigenvalue weighted by Gasteiger charge is 2.11. The fraction of sp³-hybridized carbons (Fsp3) is 0.875. The number of hydrogen-bond acceptors (Lipinski definition) is 1. The van der Waals surface area contributed by atoms with Crippen LogP contribution in [0.15, 0.2) is 12.7 Å². The minimum atomic E-state index is 0.725. The van der Waals surface area contributed by atoms with Gasteiger partial charge in [0.1, 0.15) is 0 Å². The van der Waals surface area contributed by atoms with Crippen LogP contribution in [0.25, 0.3) is 0 Å². The van der Waals surface area contributed by atoms with Gasteiger partial charge in [0.25, 0.3) is 0 Å². The van der Waals surface area contributed by atoms with E-state index in [4.69, 9.17) is 0 Å². The predicted molar refractivity (Wildman–Crippen MR) is 79.4 cm³/mol. The zero-order valence-corrected chi connectivity index (χ0v) is 12.3. The van der Waals surface area contributed by atoms with Crippen LogP contribution >= 0.6 is 0 Å². The van der Waals surface area contributed by atoms with Crippen molar-refractivity contribution in [3.05, 3.63) is 12.7 Å². The zero-order valence-electron chi connectivity index (χ0n) is 12.3. The quantitative estimate of drug-likeness (QED) is 0.376. The Morgan fingerprint density at radius 1 is 1.06 bits per heavy atom. The summed E-state index contributed by atoms with van der Waals surface area (Å²) >= 11 is 0. The van der Waals surface area contributed by atoms with E-state index < -0.39 is 0 Å². The third kappa shape index (κ3) is 10.6. The molecule has 0 aliphatic carbocycles. The van der Waals surface area contributed by atoms with E-state index in [1.165, 1.54) is 57.9 Å². The molecule has 0 aromatic carbocycles. The maximum Gasteiger partial charge on any atom is 0.00900 e. The lowest BCUT2D eigenvalue weighted by atomic mass is 9.97. The monoisotopic (exact) mass is 239 g/mol. The maximum atomic E-state index is 3.76. The highest BCUT2D eigenvalue weighted by atomic mass is 14.9. The van der Waals surface area contributed by atoms with Gasteiger partial charge in [-0.15, -0.1) is 6.58 Å². The van der Waals surface area contributed by atoms with E-state index in [9.17, 15) is 0 Å². The first-order valence-corrected chi connectivity index (χ1v) is 7.56. The Kier molecular flexibility index (Phi) is 12.0. The summed E-state index contributed by atoms with van der Waals surface area (Å²) < 4.78 is 0. The van der Waals surface area contributed by atoms with Gasteiger partial charge in [-0.05, 0) is 38.1 Å². The molecule has 1 heteroatoms. The molecule has 0 aromatic heterocycles. The van der Waals surface area contributed by atoms with Crippen LogP contribution in [0, 0.1) is 5.92 Å². The summed E-state index contributed by atoms with van der Waals surface area (Å²) in [5, 5.41) is 3.67. The molecule has 102 valence electrons.